The molecule has 0 aliphatic carbocycles. The van der Waals surface area contributed by atoms with Crippen LogP contribution in [0.5, 0.6) is 0 Å². The predicted octanol–water partition coefficient (Wildman–Crippen LogP) is 1.64. The highest BCUT2D eigenvalue weighted by Gasteiger charge is 2.27. The number of amides is 1. The van der Waals surface area contributed by atoms with Crippen LogP contribution in [0, 0.1) is 0 Å². The van der Waals surface area contributed by atoms with E-state index in [1.807, 2.05) is 13.0 Å². The molecule has 2 fully saturated rings. The number of morpholine rings is 1. The van der Waals surface area contributed by atoms with Gasteiger partial charge in [-0.15, -0.1) is 0 Å². The zero-order valence-electron chi connectivity index (χ0n) is 17.2. The summed E-state index contributed by atoms with van der Waals surface area (Å²) < 4.78 is 33.2. The molecule has 0 atom stereocenters. The number of nitrogens with one attached hydrogen (secondary N) is 2. The van der Waals surface area contributed by atoms with E-state index < -0.39 is 10.0 Å². The Morgan fingerprint density at radius 1 is 1.10 bits per heavy atom. The van der Waals surface area contributed by atoms with Gasteiger partial charge in [-0.2, -0.15) is 4.31 Å². The zero-order valence-corrected chi connectivity index (χ0v) is 18.0. The molecule has 2 heterocycles. The highest BCUT2D eigenvalue weighted by molar-refractivity contribution is 7.89. The van der Waals surface area contributed by atoms with E-state index in [2.05, 4.69) is 15.5 Å². The Morgan fingerprint density at radius 3 is 2.52 bits per heavy atom. The van der Waals surface area contributed by atoms with Gasteiger partial charge in [0.05, 0.1) is 36.0 Å². The van der Waals surface area contributed by atoms with Crippen LogP contribution in [0.2, 0.25) is 0 Å². The van der Waals surface area contributed by atoms with E-state index in [9.17, 15) is 13.2 Å². The molecule has 0 bridgehead atoms. The molecule has 1 aromatic rings. The number of piperidine rings is 1. The van der Waals surface area contributed by atoms with Gasteiger partial charge in [-0.25, -0.2) is 8.42 Å². The Bertz CT molecular complexity index is 788. The van der Waals surface area contributed by atoms with Gasteiger partial charge in [0.1, 0.15) is 0 Å². The monoisotopic (exact) mass is 424 g/mol. The fraction of sp³-hybridized carbons (Fsp3) is 0.650. The van der Waals surface area contributed by atoms with Crippen molar-refractivity contribution >= 4 is 27.3 Å². The SMILES string of the molecule is CCCNC(=O)CNc1cc(S(=O)(=O)N2CCCCC2)ccc1N1CCOCC1. The number of rotatable bonds is 8. The normalized spacial score (nSPS) is 18.4. The zero-order chi connectivity index (χ0) is 20.7. The summed E-state index contributed by atoms with van der Waals surface area (Å²) in [5.74, 6) is -0.107. The Labute approximate surface area is 173 Å². The van der Waals surface area contributed by atoms with Crippen LogP contribution in [0.1, 0.15) is 32.6 Å². The third-order valence-corrected chi connectivity index (χ3v) is 7.18. The summed E-state index contributed by atoms with van der Waals surface area (Å²) >= 11 is 0. The molecule has 0 saturated carbocycles. The largest absolute Gasteiger partial charge is 0.378 e. The molecule has 3 rings (SSSR count). The minimum absolute atomic E-state index is 0.102. The van der Waals surface area contributed by atoms with Crippen molar-refractivity contribution in [1.29, 1.82) is 0 Å². The maximum absolute atomic E-state index is 13.1. The van der Waals surface area contributed by atoms with Crippen molar-refractivity contribution in [3.8, 4) is 0 Å². The molecule has 2 saturated heterocycles. The molecule has 0 unspecified atom stereocenters. The minimum atomic E-state index is -3.54. The third-order valence-electron chi connectivity index (χ3n) is 5.28. The lowest BCUT2D eigenvalue weighted by Gasteiger charge is -2.31. The number of sulfonamides is 1. The molecule has 2 N–H and O–H groups in total. The molecule has 162 valence electrons. The maximum atomic E-state index is 13.1. The number of benzene rings is 1. The van der Waals surface area contributed by atoms with Crippen molar-refractivity contribution in [1.82, 2.24) is 9.62 Å². The van der Waals surface area contributed by atoms with Gasteiger partial charge < -0.3 is 20.3 Å². The van der Waals surface area contributed by atoms with Crippen LogP contribution in [-0.2, 0) is 19.6 Å². The van der Waals surface area contributed by atoms with Gasteiger partial charge in [0.25, 0.3) is 0 Å². The topological polar surface area (TPSA) is 91.0 Å². The molecule has 1 amide bonds. The molecule has 9 heteroatoms. The van der Waals surface area contributed by atoms with Crippen molar-refractivity contribution in [2.75, 3.05) is 62.7 Å². The lowest BCUT2D eigenvalue weighted by Crippen LogP contribution is -2.37. The first-order chi connectivity index (χ1) is 14.0. The van der Waals surface area contributed by atoms with E-state index in [4.69, 9.17) is 4.74 Å². The van der Waals surface area contributed by atoms with Crippen LogP contribution in [0.4, 0.5) is 11.4 Å². The first-order valence-corrected chi connectivity index (χ1v) is 11.9. The standard InChI is InChI=1S/C20H32N4O4S/c1-2-8-21-20(25)16-22-18-15-17(29(26,27)24-9-4-3-5-10-24)6-7-19(18)23-11-13-28-14-12-23/h6-7,15,22H,2-5,8-14,16H2,1H3,(H,21,25). The molecule has 29 heavy (non-hydrogen) atoms. The molecular formula is C20H32N4O4S. The quantitative estimate of drug-likeness (QED) is 0.659. The predicted molar refractivity (Wildman–Crippen MR) is 114 cm³/mol. The summed E-state index contributed by atoms with van der Waals surface area (Å²) in [5.41, 5.74) is 1.56. The molecule has 0 spiro atoms. The average molecular weight is 425 g/mol. The Hall–Kier alpha value is -1.84. The van der Waals surface area contributed by atoms with E-state index in [-0.39, 0.29) is 17.3 Å². The highest BCUT2D eigenvalue weighted by atomic mass is 32.2. The van der Waals surface area contributed by atoms with Gasteiger partial charge in [-0.1, -0.05) is 13.3 Å². The smallest absolute Gasteiger partial charge is 0.243 e. The van der Waals surface area contributed by atoms with Crippen LogP contribution in [0.15, 0.2) is 23.1 Å². The fourth-order valence-corrected chi connectivity index (χ4v) is 5.20. The Balaban J connectivity index is 1.84. The minimum Gasteiger partial charge on any atom is -0.378 e. The van der Waals surface area contributed by atoms with E-state index in [0.717, 1.165) is 44.5 Å². The third kappa shape index (κ3) is 5.61. The van der Waals surface area contributed by atoms with Crippen LogP contribution in [-0.4, -0.2) is 71.1 Å². The number of hydrogen-bond acceptors (Lipinski definition) is 6. The molecule has 0 radical (unpaired) electrons. The molecule has 2 aliphatic rings. The van der Waals surface area contributed by atoms with Crippen molar-refractivity contribution in [2.45, 2.75) is 37.5 Å². The molecule has 0 aromatic heterocycles. The highest BCUT2D eigenvalue weighted by Crippen LogP contribution is 2.31. The van der Waals surface area contributed by atoms with Crippen molar-refractivity contribution < 1.29 is 17.9 Å². The van der Waals surface area contributed by atoms with Gasteiger partial charge in [0.2, 0.25) is 15.9 Å². The number of ether oxygens (including phenoxy) is 1. The van der Waals surface area contributed by atoms with Crippen LogP contribution in [0.3, 0.4) is 0 Å². The second kappa shape index (κ2) is 10.3. The Morgan fingerprint density at radius 2 is 1.83 bits per heavy atom. The number of anilines is 2. The first kappa shape index (κ1) is 21.9. The number of hydrogen-bond donors (Lipinski definition) is 2. The second-order valence-corrected chi connectivity index (χ2v) is 9.38. The van der Waals surface area contributed by atoms with E-state index >= 15 is 0 Å². The summed E-state index contributed by atoms with van der Waals surface area (Å²) in [4.78, 5) is 14.5. The van der Waals surface area contributed by atoms with Crippen molar-refractivity contribution in [3.05, 3.63) is 18.2 Å². The second-order valence-electron chi connectivity index (χ2n) is 7.45. The first-order valence-electron chi connectivity index (χ1n) is 10.5. The average Bonchev–Trinajstić information content (AvgIpc) is 2.77. The molecule has 8 nitrogen and oxygen atoms in total. The molecule has 1 aromatic carbocycles. The fourth-order valence-electron chi connectivity index (χ4n) is 3.65. The maximum Gasteiger partial charge on any atom is 0.243 e. The summed E-state index contributed by atoms with van der Waals surface area (Å²) in [6, 6.07) is 5.19. The van der Waals surface area contributed by atoms with Crippen molar-refractivity contribution in [3.63, 3.8) is 0 Å². The van der Waals surface area contributed by atoms with Gasteiger partial charge >= 0.3 is 0 Å². The van der Waals surface area contributed by atoms with Crippen LogP contribution < -0.4 is 15.5 Å². The summed E-state index contributed by atoms with van der Waals surface area (Å²) in [6.45, 7) is 6.58. The Kier molecular flexibility index (Phi) is 7.74. The van der Waals surface area contributed by atoms with Crippen LogP contribution >= 0.6 is 0 Å². The number of carbonyl (C=O) groups excluding carboxylic acids is 1. The summed E-state index contributed by atoms with van der Waals surface area (Å²) in [5, 5.41) is 5.99. The number of carbonyl (C=O) groups is 1. The van der Waals surface area contributed by atoms with Crippen molar-refractivity contribution in [2.24, 2.45) is 0 Å². The van der Waals surface area contributed by atoms with Crippen LogP contribution in [0.25, 0.3) is 0 Å². The molecule has 2 aliphatic heterocycles. The lowest BCUT2D eigenvalue weighted by atomic mass is 10.2. The van der Waals surface area contributed by atoms with E-state index in [1.54, 1.807) is 16.4 Å². The van der Waals surface area contributed by atoms with E-state index in [1.165, 1.54) is 0 Å². The van der Waals surface area contributed by atoms with Gasteiger partial charge in [-0.3, -0.25) is 4.79 Å². The molecular weight excluding hydrogens is 392 g/mol. The van der Waals surface area contributed by atoms with Gasteiger partial charge in [0, 0.05) is 32.7 Å². The van der Waals surface area contributed by atoms with Gasteiger partial charge in [0.15, 0.2) is 0 Å². The summed E-state index contributed by atoms with van der Waals surface area (Å²) in [7, 11) is -3.54. The van der Waals surface area contributed by atoms with Gasteiger partial charge in [-0.05, 0) is 37.5 Å². The number of nitrogens with zero attached hydrogens (tertiary/aromatic N) is 2. The van der Waals surface area contributed by atoms with E-state index in [0.29, 0.717) is 38.5 Å². The lowest BCUT2D eigenvalue weighted by molar-refractivity contribution is -0.119. The summed E-state index contributed by atoms with van der Waals surface area (Å²) in [6.07, 6.45) is 3.73.